The minimum Gasteiger partial charge on any atom is -0.462 e. The van der Waals surface area contributed by atoms with Crippen molar-refractivity contribution in [1.29, 1.82) is 0 Å². The van der Waals surface area contributed by atoms with Crippen molar-refractivity contribution in [2.75, 3.05) is 6.86 Å². The molecule has 0 radical (unpaired) electrons. The fourth-order valence-corrected chi connectivity index (χ4v) is 1.57. The van der Waals surface area contributed by atoms with Gasteiger partial charge in [-0.1, -0.05) is 0 Å². The highest BCUT2D eigenvalue weighted by Gasteiger charge is 2.36. The molecule has 0 aliphatic carbocycles. The molecule has 7 heteroatoms. The Hall–Kier alpha value is -0.600. The van der Waals surface area contributed by atoms with Crippen LogP contribution in [-0.2, 0) is 6.18 Å². The highest BCUT2D eigenvalue weighted by molar-refractivity contribution is 14.1. The molecule has 0 amide bonds. The second-order valence-electron chi connectivity index (χ2n) is 2.22. The lowest BCUT2D eigenvalue weighted by Crippen LogP contribution is -2.11. The summed E-state index contributed by atoms with van der Waals surface area (Å²) in [5, 5.41) is 0. The largest absolute Gasteiger partial charge is 0.462 e. The number of hydrogen-bond donors (Lipinski definition) is 0. The average molecular weight is 321 g/mol. The summed E-state index contributed by atoms with van der Waals surface area (Å²) in [6, 6.07) is 1.18. The van der Waals surface area contributed by atoms with Crippen LogP contribution in [0.1, 0.15) is 5.69 Å². The highest BCUT2D eigenvalue weighted by Crippen LogP contribution is 2.34. The van der Waals surface area contributed by atoms with E-state index < -0.39 is 18.7 Å². The zero-order valence-electron chi connectivity index (χ0n) is 6.61. The van der Waals surface area contributed by atoms with Crippen molar-refractivity contribution < 1.29 is 22.3 Å². The number of aromatic nitrogens is 1. The van der Waals surface area contributed by atoms with Gasteiger partial charge in [0, 0.05) is 6.20 Å². The predicted molar refractivity (Wildman–Crippen MR) is 48.6 cm³/mol. The molecule has 0 unspecified atom stereocenters. The Morgan fingerprint density at radius 1 is 1.43 bits per heavy atom. The van der Waals surface area contributed by atoms with Crippen LogP contribution in [0.2, 0.25) is 0 Å². The van der Waals surface area contributed by atoms with Gasteiger partial charge in [0.2, 0.25) is 6.86 Å². The van der Waals surface area contributed by atoms with Crippen molar-refractivity contribution >= 4 is 22.6 Å². The van der Waals surface area contributed by atoms with E-state index in [4.69, 9.17) is 0 Å². The molecule has 0 fully saturated rings. The summed E-state index contributed by atoms with van der Waals surface area (Å²) in [6.45, 7) is -1.17. The molecular formula is C7H4F4INO. The number of hydrogen-bond acceptors (Lipinski definition) is 2. The molecule has 0 saturated heterocycles. The summed E-state index contributed by atoms with van der Waals surface area (Å²) in [5.74, 6) is -0.157. The SMILES string of the molecule is FCOc1ccnc(C(F)(F)F)c1I. The Bertz CT molecular complexity index is 328. The molecule has 0 aromatic carbocycles. The lowest BCUT2D eigenvalue weighted by atomic mass is 10.3. The molecule has 0 aliphatic rings. The third-order valence-electron chi connectivity index (χ3n) is 1.33. The van der Waals surface area contributed by atoms with Gasteiger partial charge in [-0.15, -0.1) is 0 Å². The van der Waals surface area contributed by atoms with Gasteiger partial charge in [0.05, 0.1) is 3.57 Å². The third kappa shape index (κ3) is 2.46. The molecule has 78 valence electrons. The highest BCUT2D eigenvalue weighted by atomic mass is 127. The van der Waals surface area contributed by atoms with Gasteiger partial charge in [0.25, 0.3) is 0 Å². The van der Waals surface area contributed by atoms with Crippen LogP contribution in [-0.4, -0.2) is 11.8 Å². The number of rotatable bonds is 2. The summed E-state index contributed by atoms with van der Waals surface area (Å²) in [7, 11) is 0. The normalized spacial score (nSPS) is 11.5. The van der Waals surface area contributed by atoms with E-state index in [1.54, 1.807) is 0 Å². The molecule has 2 nitrogen and oxygen atoms in total. The number of alkyl halides is 4. The molecule has 1 aromatic heterocycles. The first-order valence-electron chi connectivity index (χ1n) is 3.37. The zero-order chi connectivity index (χ0) is 10.8. The maximum absolute atomic E-state index is 12.3. The number of halogens is 5. The van der Waals surface area contributed by atoms with E-state index in [9.17, 15) is 17.6 Å². The Morgan fingerprint density at radius 3 is 2.57 bits per heavy atom. The summed E-state index contributed by atoms with van der Waals surface area (Å²) >= 11 is 1.42. The molecule has 0 spiro atoms. The molecule has 1 rings (SSSR count). The van der Waals surface area contributed by atoms with Gasteiger partial charge < -0.3 is 4.74 Å². The zero-order valence-corrected chi connectivity index (χ0v) is 8.76. The Labute approximate surface area is 90.4 Å². The molecule has 1 heterocycles. The Morgan fingerprint density at radius 2 is 2.07 bits per heavy atom. The lowest BCUT2D eigenvalue weighted by Gasteiger charge is -2.10. The summed E-state index contributed by atoms with van der Waals surface area (Å²) in [4.78, 5) is 3.16. The number of nitrogens with zero attached hydrogens (tertiary/aromatic N) is 1. The number of pyridine rings is 1. The summed E-state index contributed by atoms with van der Waals surface area (Å²) in [5.41, 5.74) is -1.07. The fraction of sp³-hybridized carbons (Fsp3) is 0.286. The van der Waals surface area contributed by atoms with Crippen molar-refractivity contribution in [1.82, 2.24) is 4.98 Å². The second-order valence-corrected chi connectivity index (χ2v) is 3.30. The molecule has 0 bridgehead atoms. The van der Waals surface area contributed by atoms with E-state index in [1.165, 1.54) is 28.7 Å². The van der Waals surface area contributed by atoms with Crippen LogP contribution in [0.25, 0.3) is 0 Å². The smallest absolute Gasteiger partial charge is 0.434 e. The monoisotopic (exact) mass is 321 g/mol. The van der Waals surface area contributed by atoms with E-state index in [1.807, 2.05) is 0 Å². The molecule has 0 atom stereocenters. The maximum atomic E-state index is 12.3. The first-order chi connectivity index (χ1) is 6.46. The van der Waals surface area contributed by atoms with Crippen molar-refractivity contribution in [2.45, 2.75) is 6.18 Å². The first kappa shape index (κ1) is 11.5. The van der Waals surface area contributed by atoms with Gasteiger partial charge in [-0.3, -0.25) is 4.98 Å². The van der Waals surface area contributed by atoms with Crippen LogP contribution in [0.5, 0.6) is 5.75 Å². The lowest BCUT2D eigenvalue weighted by molar-refractivity contribution is -0.142. The predicted octanol–water partition coefficient (Wildman–Crippen LogP) is 3.01. The van der Waals surface area contributed by atoms with Crippen molar-refractivity contribution in [3.05, 3.63) is 21.5 Å². The molecule has 1 aromatic rings. The quantitative estimate of drug-likeness (QED) is 0.617. The minimum atomic E-state index is -4.55. The van der Waals surface area contributed by atoms with Gasteiger partial charge in [-0.05, 0) is 28.7 Å². The van der Waals surface area contributed by atoms with Gasteiger partial charge in [-0.25, -0.2) is 4.39 Å². The van der Waals surface area contributed by atoms with Gasteiger partial charge in [0.1, 0.15) is 5.75 Å². The van der Waals surface area contributed by atoms with E-state index in [0.29, 0.717) is 0 Å². The van der Waals surface area contributed by atoms with Crippen LogP contribution in [0, 0.1) is 3.57 Å². The van der Waals surface area contributed by atoms with Crippen LogP contribution in [0.4, 0.5) is 17.6 Å². The van der Waals surface area contributed by atoms with Crippen molar-refractivity contribution in [3.63, 3.8) is 0 Å². The molecule has 0 aliphatic heterocycles. The van der Waals surface area contributed by atoms with E-state index in [0.717, 1.165) is 6.20 Å². The minimum absolute atomic E-state index is 0.157. The number of ether oxygens (including phenoxy) is 1. The van der Waals surface area contributed by atoms with Gasteiger partial charge >= 0.3 is 6.18 Å². The first-order valence-corrected chi connectivity index (χ1v) is 4.45. The van der Waals surface area contributed by atoms with Crippen LogP contribution < -0.4 is 4.74 Å². The van der Waals surface area contributed by atoms with Crippen LogP contribution >= 0.6 is 22.6 Å². The maximum Gasteiger partial charge on any atom is 0.434 e. The molecular weight excluding hydrogens is 317 g/mol. The molecule has 14 heavy (non-hydrogen) atoms. The average Bonchev–Trinajstić information content (AvgIpc) is 2.07. The van der Waals surface area contributed by atoms with E-state index in [-0.39, 0.29) is 9.32 Å². The summed E-state index contributed by atoms with van der Waals surface area (Å²) in [6.07, 6.45) is -3.62. The molecule has 0 saturated carbocycles. The summed E-state index contributed by atoms with van der Waals surface area (Å²) < 4.78 is 52.6. The van der Waals surface area contributed by atoms with Crippen LogP contribution in [0.3, 0.4) is 0 Å². The molecule has 0 N–H and O–H groups in total. The van der Waals surface area contributed by atoms with Crippen molar-refractivity contribution in [3.8, 4) is 5.75 Å². The van der Waals surface area contributed by atoms with Crippen molar-refractivity contribution in [2.24, 2.45) is 0 Å². The second kappa shape index (κ2) is 4.28. The van der Waals surface area contributed by atoms with Gasteiger partial charge in [0.15, 0.2) is 5.69 Å². The Kier molecular flexibility index (Phi) is 3.51. The van der Waals surface area contributed by atoms with Gasteiger partial charge in [-0.2, -0.15) is 13.2 Å². The van der Waals surface area contributed by atoms with E-state index in [2.05, 4.69) is 9.72 Å². The fourth-order valence-electron chi connectivity index (χ4n) is 0.794. The standard InChI is InChI=1S/C7H4F4INO/c8-3-14-4-1-2-13-6(5(4)12)7(9,10)11/h1-2H,3H2. The third-order valence-corrected chi connectivity index (χ3v) is 2.37. The van der Waals surface area contributed by atoms with Crippen LogP contribution in [0.15, 0.2) is 12.3 Å². The topological polar surface area (TPSA) is 22.1 Å². The van der Waals surface area contributed by atoms with E-state index >= 15 is 0 Å². The Balaban J connectivity index is 3.14.